The van der Waals surface area contributed by atoms with Gasteiger partial charge in [0.25, 0.3) is 0 Å². The molecule has 0 aliphatic heterocycles. The van der Waals surface area contributed by atoms with E-state index in [2.05, 4.69) is 5.32 Å². The maximum atomic E-state index is 12.8. The van der Waals surface area contributed by atoms with Gasteiger partial charge >= 0.3 is 5.97 Å². The van der Waals surface area contributed by atoms with Gasteiger partial charge in [-0.15, -0.1) is 0 Å². The zero-order valence-electron chi connectivity index (χ0n) is 15.4. The SMILES string of the molecule is CCC(=O)SCC(Cc1ccccc1)C(=O)Nc1cc(C)cc(C(=O)O)c1. The number of benzene rings is 2. The molecule has 2 N–H and O–H groups in total. The van der Waals surface area contributed by atoms with Crippen LogP contribution in [-0.4, -0.2) is 27.9 Å². The molecule has 0 radical (unpaired) electrons. The Kier molecular flexibility index (Phi) is 7.61. The summed E-state index contributed by atoms with van der Waals surface area (Å²) in [7, 11) is 0. The van der Waals surface area contributed by atoms with Crippen LogP contribution in [-0.2, 0) is 16.0 Å². The molecule has 0 aliphatic rings. The Morgan fingerprint density at radius 1 is 1.11 bits per heavy atom. The van der Waals surface area contributed by atoms with Crippen LogP contribution in [0.2, 0.25) is 0 Å². The van der Waals surface area contributed by atoms with Gasteiger partial charge in [-0.1, -0.05) is 49.0 Å². The highest BCUT2D eigenvalue weighted by molar-refractivity contribution is 8.13. The third-order valence-corrected chi connectivity index (χ3v) is 5.20. The molecular weight excluding hydrogens is 362 g/mol. The second-order valence-electron chi connectivity index (χ2n) is 6.31. The second-order valence-corrected chi connectivity index (χ2v) is 7.38. The molecule has 142 valence electrons. The lowest BCUT2D eigenvalue weighted by Gasteiger charge is -2.17. The number of aryl methyl sites for hydroxylation is 1. The molecule has 0 saturated carbocycles. The van der Waals surface area contributed by atoms with E-state index < -0.39 is 11.9 Å². The van der Waals surface area contributed by atoms with Gasteiger partial charge in [0.15, 0.2) is 5.12 Å². The quantitative estimate of drug-likeness (QED) is 0.713. The average Bonchev–Trinajstić information content (AvgIpc) is 2.64. The zero-order valence-corrected chi connectivity index (χ0v) is 16.2. The number of amides is 1. The van der Waals surface area contributed by atoms with Crippen molar-refractivity contribution in [1.82, 2.24) is 0 Å². The fourth-order valence-electron chi connectivity index (χ4n) is 2.64. The van der Waals surface area contributed by atoms with Gasteiger partial charge in [-0.2, -0.15) is 0 Å². The van der Waals surface area contributed by atoms with Crippen molar-refractivity contribution in [2.24, 2.45) is 5.92 Å². The molecule has 2 rings (SSSR count). The first kappa shape index (κ1) is 20.7. The topological polar surface area (TPSA) is 83.5 Å². The average molecular weight is 385 g/mol. The van der Waals surface area contributed by atoms with Crippen molar-refractivity contribution in [3.8, 4) is 0 Å². The van der Waals surface area contributed by atoms with Gasteiger partial charge in [0, 0.05) is 17.9 Å². The molecule has 2 aromatic rings. The van der Waals surface area contributed by atoms with Gasteiger partial charge in [-0.3, -0.25) is 9.59 Å². The van der Waals surface area contributed by atoms with Gasteiger partial charge in [0.05, 0.1) is 11.5 Å². The summed E-state index contributed by atoms with van der Waals surface area (Å²) in [5.41, 5.74) is 2.33. The number of carbonyl (C=O) groups is 3. The lowest BCUT2D eigenvalue weighted by atomic mass is 10.00. The molecule has 1 amide bonds. The lowest BCUT2D eigenvalue weighted by Crippen LogP contribution is -2.27. The maximum Gasteiger partial charge on any atom is 0.335 e. The molecule has 6 heteroatoms. The number of carboxylic acids is 1. The second kappa shape index (κ2) is 9.92. The molecule has 1 unspecified atom stereocenters. The van der Waals surface area contributed by atoms with Gasteiger partial charge in [-0.25, -0.2) is 4.79 Å². The monoisotopic (exact) mass is 385 g/mol. The molecule has 0 saturated heterocycles. The number of carbonyl (C=O) groups excluding carboxylic acids is 2. The van der Waals surface area contributed by atoms with Crippen LogP contribution in [0.15, 0.2) is 48.5 Å². The molecule has 1 atom stereocenters. The van der Waals surface area contributed by atoms with Crippen LogP contribution >= 0.6 is 11.8 Å². The standard InChI is InChI=1S/C21H23NO4S/c1-3-19(23)27-13-17(11-15-7-5-4-6-8-15)20(24)22-18-10-14(2)9-16(12-18)21(25)26/h4-10,12,17H,3,11,13H2,1-2H3,(H,22,24)(H,25,26). The molecule has 0 fully saturated rings. The highest BCUT2D eigenvalue weighted by Gasteiger charge is 2.21. The van der Waals surface area contributed by atoms with E-state index in [0.717, 1.165) is 22.9 Å². The van der Waals surface area contributed by atoms with Crippen molar-refractivity contribution in [2.75, 3.05) is 11.1 Å². The number of anilines is 1. The van der Waals surface area contributed by atoms with E-state index in [1.165, 1.54) is 6.07 Å². The van der Waals surface area contributed by atoms with Crippen LogP contribution < -0.4 is 5.32 Å². The Morgan fingerprint density at radius 2 is 1.81 bits per heavy atom. The predicted octanol–water partition coefficient (Wildman–Crippen LogP) is 4.16. The Labute approximate surface area is 163 Å². The highest BCUT2D eigenvalue weighted by atomic mass is 32.2. The molecule has 27 heavy (non-hydrogen) atoms. The fourth-order valence-corrected chi connectivity index (χ4v) is 3.51. The minimum Gasteiger partial charge on any atom is -0.478 e. The van der Waals surface area contributed by atoms with Gasteiger partial charge < -0.3 is 10.4 Å². The van der Waals surface area contributed by atoms with E-state index in [4.69, 9.17) is 0 Å². The van der Waals surface area contributed by atoms with Crippen LogP contribution in [0.5, 0.6) is 0 Å². The van der Waals surface area contributed by atoms with Crippen molar-refractivity contribution < 1.29 is 19.5 Å². The number of carboxylic acid groups (broad SMARTS) is 1. The summed E-state index contributed by atoms with van der Waals surface area (Å²) < 4.78 is 0. The normalized spacial score (nSPS) is 11.6. The van der Waals surface area contributed by atoms with Crippen molar-refractivity contribution in [1.29, 1.82) is 0 Å². The number of nitrogens with one attached hydrogen (secondary N) is 1. The van der Waals surface area contributed by atoms with Crippen LogP contribution in [0.4, 0.5) is 5.69 Å². The van der Waals surface area contributed by atoms with Crippen LogP contribution in [0.3, 0.4) is 0 Å². The molecule has 0 aromatic heterocycles. The fraction of sp³-hybridized carbons (Fsp3) is 0.286. The third kappa shape index (κ3) is 6.57. The van der Waals surface area contributed by atoms with Crippen LogP contribution in [0, 0.1) is 12.8 Å². The summed E-state index contributed by atoms with van der Waals surface area (Å²) in [6.07, 6.45) is 0.929. The highest BCUT2D eigenvalue weighted by Crippen LogP contribution is 2.20. The minimum absolute atomic E-state index is 0.0459. The first-order valence-electron chi connectivity index (χ1n) is 8.74. The number of hydrogen-bond acceptors (Lipinski definition) is 4. The van der Waals surface area contributed by atoms with Crippen molar-refractivity contribution in [3.63, 3.8) is 0 Å². The largest absolute Gasteiger partial charge is 0.478 e. The van der Waals surface area contributed by atoms with E-state index in [-0.39, 0.29) is 16.6 Å². The summed E-state index contributed by atoms with van der Waals surface area (Å²) in [6.45, 7) is 3.57. The van der Waals surface area contributed by atoms with E-state index >= 15 is 0 Å². The number of rotatable bonds is 8. The molecule has 0 spiro atoms. The number of hydrogen-bond donors (Lipinski definition) is 2. The van der Waals surface area contributed by atoms with Gasteiger partial charge in [-0.05, 0) is 42.7 Å². The van der Waals surface area contributed by atoms with Gasteiger partial charge in [0.2, 0.25) is 5.91 Å². The van der Waals surface area contributed by atoms with Crippen molar-refractivity contribution >= 4 is 34.4 Å². The number of thioether (sulfide) groups is 1. The Balaban J connectivity index is 2.17. The zero-order chi connectivity index (χ0) is 19.8. The molecule has 0 bridgehead atoms. The summed E-state index contributed by atoms with van der Waals surface area (Å²) in [5, 5.41) is 12.0. The smallest absolute Gasteiger partial charge is 0.335 e. The summed E-state index contributed by atoms with van der Waals surface area (Å²) in [4.78, 5) is 35.7. The summed E-state index contributed by atoms with van der Waals surface area (Å²) >= 11 is 1.16. The van der Waals surface area contributed by atoms with Gasteiger partial charge in [0.1, 0.15) is 0 Å². The summed E-state index contributed by atoms with van der Waals surface area (Å²) in [6, 6.07) is 14.3. The molecule has 0 heterocycles. The first-order chi connectivity index (χ1) is 12.9. The van der Waals surface area contributed by atoms with E-state index in [0.29, 0.717) is 24.3 Å². The van der Waals surface area contributed by atoms with Crippen molar-refractivity contribution in [2.45, 2.75) is 26.7 Å². The van der Waals surface area contributed by atoms with Crippen LogP contribution in [0.1, 0.15) is 34.8 Å². The van der Waals surface area contributed by atoms with E-state index in [9.17, 15) is 19.5 Å². The predicted molar refractivity (Wildman–Crippen MR) is 108 cm³/mol. The Hall–Kier alpha value is -2.60. The lowest BCUT2D eigenvalue weighted by molar-refractivity contribution is -0.119. The number of aromatic carboxylic acids is 1. The van der Waals surface area contributed by atoms with Crippen LogP contribution in [0.25, 0.3) is 0 Å². The molecular formula is C21H23NO4S. The molecule has 5 nitrogen and oxygen atoms in total. The van der Waals surface area contributed by atoms with Crippen molar-refractivity contribution in [3.05, 3.63) is 65.2 Å². The maximum absolute atomic E-state index is 12.8. The molecule has 0 aliphatic carbocycles. The van der Waals surface area contributed by atoms with E-state index in [1.54, 1.807) is 26.0 Å². The Bertz CT molecular complexity index is 820. The van der Waals surface area contributed by atoms with E-state index in [1.807, 2.05) is 30.3 Å². The Morgan fingerprint density at radius 3 is 2.44 bits per heavy atom. The summed E-state index contributed by atoms with van der Waals surface area (Å²) in [5.74, 6) is -1.29. The molecule has 2 aromatic carbocycles. The minimum atomic E-state index is -1.04. The third-order valence-electron chi connectivity index (χ3n) is 4.02. The first-order valence-corrected chi connectivity index (χ1v) is 9.73.